The van der Waals surface area contributed by atoms with Gasteiger partial charge >= 0.3 is 0 Å². The summed E-state index contributed by atoms with van der Waals surface area (Å²) < 4.78 is 35.5. The van der Waals surface area contributed by atoms with E-state index in [1.54, 1.807) is 18.2 Å². The van der Waals surface area contributed by atoms with Gasteiger partial charge in [0.15, 0.2) is 0 Å². The van der Waals surface area contributed by atoms with E-state index >= 15 is 0 Å². The number of benzene rings is 1. The van der Waals surface area contributed by atoms with Crippen molar-refractivity contribution in [1.82, 2.24) is 0 Å². The number of hydrogen-bond donors (Lipinski definition) is 1. The van der Waals surface area contributed by atoms with Crippen molar-refractivity contribution in [2.24, 2.45) is 16.5 Å². The minimum Gasteiger partial charge on any atom is -0.225 e. The van der Waals surface area contributed by atoms with Crippen LogP contribution in [-0.4, -0.2) is 8.42 Å². The summed E-state index contributed by atoms with van der Waals surface area (Å²) >= 11 is 0. The van der Waals surface area contributed by atoms with Crippen LogP contribution in [-0.2, 0) is 10.0 Å². The summed E-state index contributed by atoms with van der Waals surface area (Å²) in [4.78, 5) is 0.128. The molecule has 0 saturated heterocycles. The average molecular weight is 361 g/mol. The summed E-state index contributed by atoms with van der Waals surface area (Å²) in [5.74, 6) is 0.185. The molecule has 134 valence electrons. The molecule has 1 saturated carbocycles. The highest BCUT2D eigenvalue weighted by atomic mass is 32.2. The van der Waals surface area contributed by atoms with Crippen LogP contribution in [0.5, 0.6) is 0 Å². The first-order chi connectivity index (χ1) is 11.9. The summed E-state index contributed by atoms with van der Waals surface area (Å²) in [5.41, 5.74) is 4.07. The lowest BCUT2D eigenvalue weighted by molar-refractivity contribution is 0.534. The van der Waals surface area contributed by atoms with Gasteiger partial charge in [-0.15, -0.1) is 0 Å². The van der Waals surface area contributed by atoms with Gasteiger partial charge in [0.05, 0.1) is 11.2 Å². The normalized spacial score (nSPS) is 20.9. The van der Waals surface area contributed by atoms with Crippen molar-refractivity contribution in [3.8, 4) is 0 Å². The van der Waals surface area contributed by atoms with Gasteiger partial charge in [0.2, 0.25) is 10.0 Å². The molecular formula is C20H24FNO2S. The fourth-order valence-corrected chi connectivity index (χ4v) is 4.36. The maximum Gasteiger partial charge on any atom is 0.238 e. The Morgan fingerprint density at radius 2 is 1.92 bits per heavy atom. The van der Waals surface area contributed by atoms with Crippen LogP contribution in [0.1, 0.15) is 44.6 Å². The molecule has 0 amide bonds. The molecule has 5 heteroatoms. The summed E-state index contributed by atoms with van der Waals surface area (Å²) in [5, 5.41) is 5.19. The molecule has 0 aliphatic heterocycles. The lowest BCUT2D eigenvalue weighted by atomic mass is 9.89. The van der Waals surface area contributed by atoms with Crippen molar-refractivity contribution in [2.75, 3.05) is 0 Å². The zero-order chi connectivity index (χ0) is 18.1. The first-order valence-corrected chi connectivity index (χ1v) is 10.2. The van der Waals surface area contributed by atoms with Gasteiger partial charge in [0.1, 0.15) is 0 Å². The summed E-state index contributed by atoms with van der Waals surface area (Å²) in [7, 11) is -3.68. The molecule has 0 heterocycles. The monoisotopic (exact) mass is 361 g/mol. The topological polar surface area (TPSA) is 60.2 Å². The van der Waals surface area contributed by atoms with E-state index in [1.165, 1.54) is 24.0 Å². The summed E-state index contributed by atoms with van der Waals surface area (Å²) in [6, 6.07) is 6.82. The standard InChI is InChI=1S/C20H24FNO2S/c1-2-4-15(5-3-12-21)18-13-20(10-11-20)14-19(18)16-6-8-17(9-7-16)25(22,23)24/h2-4,6-9,12,15H,5,10-11,13-14H2,1H3,(H2,22,23,24)/b4-2-,12-3+. The molecule has 1 unspecified atom stereocenters. The smallest absolute Gasteiger partial charge is 0.225 e. The molecule has 0 aromatic heterocycles. The summed E-state index contributed by atoms with van der Waals surface area (Å²) in [6.07, 6.45) is 11.5. The van der Waals surface area contributed by atoms with Crippen molar-refractivity contribution in [3.05, 3.63) is 60.0 Å². The molecule has 1 aromatic rings. The maximum atomic E-state index is 12.5. The first kappa shape index (κ1) is 18.1. The van der Waals surface area contributed by atoms with Gasteiger partial charge in [-0.1, -0.05) is 35.9 Å². The Labute approximate surface area is 149 Å². The van der Waals surface area contributed by atoms with Gasteiger partial charge in [-0.2, -0.15) is 0 Å². The van der Waals surface area contributed by atoms with Gasteiger partial charge < -0.3 is 0 Å². The minimum atomic E-state index is -3.68. The van der Waals surface area contributed by atoms with Gasteiger partial charge in [0, 0.05) is 5.92 Å². The molecule has 25 heavy (non-hydrogen) atoms. The van der Waals surface area contributed by atoms with Gasteiger partial charge in [0.25, 0.3) is 0 Å². The van der Waals surface area contributed by atoms with Gasteiger partial charge in [-0.3, -0.25) is 0 Å². The second-order valence-corrected chi connectivity index (χ2v) is 8.72. The predicted octanol–water partition coefficient (Wildman–Crippen LogP) is 4.73. The molecule has 0 radical (unpaired) electrons. The van der Waals surface area contributed by atoms with Crippen LogP contribution in [0.2, 0.25) is 0 Å². The molecule has 2 N–H and O–H groups in total. The fourth-order valence-electron chi connectivity index (χ4n) is 3.85. The molecule has 3 rings (SSSR count). The van der Waals surface area contributed by atoms with E-state index in [1.807, 2.05) is 25.1 Å². The lowest BCUT2D eigenvalue weighted by Gasteiger charge is -2.16. The van der Waals surface area contributed by atoms with Crippen LogP contribution in [0.3, 0.4) is 0 Å². The third kappa shape index (κ3) is 3.93. The SMILES string of the molecule is C/C=C\C(C/C=C/F)C1=C(c2ccc(S(N)(=O)=O)cc2)CC2(CC2)C1. The van der Waals surface area contributed by atoms with E-state index in [4.69, 9.17) is 5.14 Å². The van der Waals surface area contributed by atoms with Crippen LogP contribution >= 0.6 is 0 Å². The number of allylic oxidation sites excluding steroid dienone is 5. The zero-order valence-corrected chi connectivity index (χ0v) is 15.2. The number of sulfonamides is 1. The highest BCUT2D eigenvalue weighted by Gasteiger charge is 2.48. The summed E-state index contributed by atoms with van der Waals surface area (Å²) in [6.45, 7) is 1.98. The van der Waals surface area contributed by atoms with Crippen molar-refractivity contribution < 1.29 is 12.8 Å². The van der Waals surface area contributed by atoms with E-state index in [0.717, 1.165) is 18.4 Å². The van der Waals surface area contributed by atoms with Crippen molar-refractivity contribution in [3.63, 3.8) is 0 Å². The van der Waals surface area contributed by atoms with Crippen molar-refractivity contribution >= 4 is 15.6 Å². The number of halogens is 1. The van der Waals surface area contributed by atoms with Crippen LogP contribution in [0.15, 0.2) is 59.3 Å². The molecule has 0 bridgehead atoms. The van der Waals surface area contributed by atoms with E-state index in [2.05, 4.69) is 6.08 Å². The number of nitrogens with two attached hydrogens (primary N) is 1. The van der Waals surface area contributed by atoms with Crippen LogP contribution in [0.4, 0.5) is 4.39 Å². The zero-order valence-electron chi connectivity index (χ0n) is 14.4. The van der Waals surface area contributed by atoms with Crippen LogP contribution < -0.4 is 5.14 Å². The highest BCUT2D eigenvalue weighted by molar-refractivity contribution is 7.89. The van der Waals surface area contributed by atoms with Gasteiger partial charge in [-0.05, 0) is 67.7 Å². The van der Waals surface area contributed by atoms with Crippen molar-refractivity contribution in [1.29, 1.82) is 0 Å². The van der Waals surface area contributed by atoms with E-state index in [-0.39, 0.29) is 10.8 Å². The molecule has 1 aromatic carbocycles. The van der Waals surface area contributed by atoms with E-state index < -0.39 is 10.0 Å². The van der Waals surface area contributed by atoms with Gasteiger partial charge in [-0.25, -0.2) is 17.9 Å². The lowest BCUT2D eigenvalue weighted by Crippen LogP contribution is -2.11. The molecule has 2 aliphatic carbocycles. The highest BCUT2D eigenvalue weighted by Crippen LogP contribution is 2.62. The molecule has 2 aliphatic rings. The molecule has 1 spiro atoms. The second-order valence-electron chi connectivity index (χ2n) is 7.16. The van der Waals surface area contributed by atoms with Crippen LogP contribution in [0.25, 0.3) is 5.57 Å². The van der Waals surface area contributed by atoms with E-state index in [0.29, 0.717) is 18.2 Å². The first-order valence-electron chi connectivity index (χ1n) is 8.62. The quantitative estimate of drug-likeness (QED) is 0.745. The Bertz CT molecular complexity index is 831. The Hall–Kier alpha value is -1.72. The predicted molar refractivity (Wildman–Crippen MR) is 98.8 cm³/mol. The minimum absolute atomic E-state index is 0.128. The molecule has 1 fully saturated rings. The number of hydrogen-bond acceptors (Lipinski definition) is 2. The number of rotatable bonds is 6. The van der Waals surface area contributed by atoms with E-state index in [9.17, 15) is 12.8 Å². The maximum absolute atomic E-state index is 12.5. The average Bonchev–Trinajstić information content (AvgIpc) is 3.22. The number of primary sulfonamides is 1. The van der Waals surface area contributed by atoms with Crippen LogP contribution in [0, 0.1) is 11.3 Å². The molecule has 3 nitrogen and oxygen atoms in total. The van der Waals surface area contributed by atoms with Crippen molar-refractivity contribution in [2.45, 2.75) is 43.9 Å². The third-order valence-corrected chi connectivity index (χ3v) is 6.27. The molecular weight excluding hydrogens is 337 g/mol. The molecule has 1 atom stereocenters. The Kier molecular flexibility index (Phi) is 4.98. The Balaban J connectivity index is 1.99. The Morgan fingerprint density at radius 1 is 1.24 bits per heavy atom. The second kappa shape index (κ2) is 6.89. The Morgan fingerprint density at radius 3 is 2.44 bits per heavy atom. The third-order valence-electron chi connectivity index (χ3n) is 5.34. The largest absolute Gasteiger partial charge is 0.238 e. The fraction of sp³-hybridized carbons (Fsp3) is 0.400.